The van der Waals surface area contributed by atoms with Crippen molar-refractivity contribution in [2.24, 2.45) is 0 Å². The number of amidine groups is 1. The maximum atomic E-state index is 13.6. The number of benzene rings is 2. The van der Waals surface area contributed by atoms with Gasteiger partial charge in [0, 0.05) is 28.8 Å². The Morgan fingerprint density at radius 3 is 2.02 bits per heavy atom. The summed E-state index contributed by atoms with van der Waals surface area (Å²) in [5.41, 5.74) is 0.474. The lowest BCUT2D eigenvalue weighted by Gasteiger charge is -2.30. The van der Waals surface area contributed by atoms with Crippen molar-refractivity contribution >= 4 is 23.6 Å². The number of carbonyl (C=O) groups is 3. The SMILES string of the molecule is CCC(Oc1ccc2c(c1)C(=N)N(CC(=O)c1cc(C(C)(C)C)c(OC(=O)C(F)(F)F)c(C(C)(C)C)c1)C2)C(=O)O. The largest absolute Gasteiger partial charge is 0.491 e. The summed E-state index contributed by atoms with van der Waals surface area (Å²) in [5, 5.41) is 17.9. The fraction of sp³-hybridized carbons (Fsp3) is 0.467. The van der Waals surface area contributed by atoms with Gasteiger partial charge >= 0.3 is 18.1 Å². The minimum atomic E-state index is -5.19. The number of esters is 1. The van der Waals surface area contributed by atoms with E-state index in [0.29, 0.717) is 11.3 Å². The van der Waals surface area contributed by atoms with Crippen molar-refractivity contribution in [2.45, 2.75) is 84.5 Å². The number of nitrogens with zero attached hydrogens (tertiary/aromatic N) is 1. The maximum absolute atomic E-state index is 13.6. The number of fused-ring (bicyclic) bond motifs is 1. The third kappa shape index (κ3) is 7.07. The molecule has 1 aliphatic heterocycles. The van der Waals surface area contributed by atoms with Gasteiger partial charge in [-0.25, -0.2) is 9.59 Å². The molecular formula is C30H35F3N2O6. The Hall–Kier alpha value is -3.89. The van der Waals surface area contributed by atoms with Crippen LogP contribution in [0.25, 0.3) is 0 Å². The number of rotatable bonds is 8. The predicted molar refractivity (Wildman–Crippen MR) is 146 cm³/mol. The molecule has 1 atom stereocenters. The Bertz CT molecular complexity index is 1350. The molecule has 1 unspecified atom stereocenters. The van der Waals surface area contributed by atoms with E-state index in [1.54, 1.807) is 71.6 Å². The van der Waals surface area contributed by atoms with Gasteiger partial charge in [0.1, 0.15) is 17.3 Å². The fourth-order valence-electron chi connectivity index (χ4n) is 4.48. The second-order valence-corrected chi connectivity index (χ2v) is 12.1. The van der Waals surface area contributed by atoms with E-state index in [1.807, 2.05) is 0 Å². The van der Waals surface area contributed by atoms with Crippen LogP contribution in [0.4, 0.5) is 13.2 Å². The molecule has 0 aliphatic carbocycles. The zero-order valence-electron chi connectivity index (χ0n) is 24.2. The summed E-state index contributed by atoms with van der Waals surface area (Å²) in [6, 6.07) is 7.82. The zero-order chi connectivity index (χ0) is 31.1. The molecule has 0 saturated heterocycles. The molecule has 0 amide bonds. The Labute approximate surface area is 236 Å². The second kappa shape index (κ2) is 11.2. The smallest absolute Gasteiger partial charge is 0.479 e. The van der Waals surface area contributed by atoms with Crippen molar-refractivity contribution < 1.29 is 42.1 Å². The van der Waals surface area contributed by atoms with E-state index in [-0.39, 0.29) is 53.6 Å². The van der Waals surface area contributed by atoms with Crippen molar-refractivity contribution in [3.05, 3.63) is 58.1 Å². The van der Waals surface area contributed by atoms with Crippen LogP contribution in [0.3, 0.4) is 0 Å². The highest BCUT2D eigenvalue weighted by Gasteiger charge is 2.43. The summed E-state index contributed by atoms with van der Waals surface area (Å²) < 4.78 is 49.8. The number of Topliss-reactive ketones (excluding diaryl/α,β-unsaturated/α-hetero) is 1. The first-order chi connectivity index (χ1) is 18.7. The number of carbonyl (C=O) groups excluding carboxylic acids is 2. The molecule has 11 heteroatoms. The molecule has 2 aromatic rings. The van der Waals surface area contributed by atoms with Crippen LogP contribution in [-0.4, -0.2) is 52.4 Å². The summed E-state index contributed by atoms with van der Waals surface area (Å²) in [7, 11) is 0. The number of halogens is 3. The van der Waals surface area contributed by atoms with Crippen LogP contribution in [0.2, 0.25) is 0 Å². The molecule has 0 spiro atoms. The monoisotopic (exact) mass is 576 g/mol. The van der Waals surface area contributed by atoms with E-state index >= 15 is 0 Å². The van der Waals surface area contributed by atoms with Gasteiger partial charge in [-0.2, -0.15) is 13.2 Å². The summed E-state index contributed by atoms with van der Waals surface area (Å²) in [6.45, 7) is 12.2. The summed E-state index contributed by atoms with van der Waals surface area (Å²) in [6.07, 6.45) is -5.97. The van der Waals surface area contributed by atoms with Gasteiger partial charge in [-0.1, -0.05) is 54.5 Å². The molecule has 0 fully saturated rings. The Balaban J connectivity index is 1.95. The molecule has 41 heavy (non-hydrogen) atoms. The van der Waals surface area contributed by atoms with Crippen LogP contribution in [0.5, 0.6) is 11.5 Å². The molecule has 2 N–H and O–H groups in total. The van der Waals surface area contributed by atoms with Gasteiger partial charge in [0.05, 0.1) is 6.54 Å². The van der Waals surface area contributed by atoms with E-state index in [4.69, 9.17) is 14.9 Å². The molecule has 0 saturated carbocycles. The first-order valence-corrected chi connectivity index (χ1v) is 13.1. The number of nitrogens with one attached hydrogen (secondary N) is 1. The third-order valence-electron chi connectivity index (χ3n) is 6.73. The molecule has 3 rings (SSSR count). The number of aliphatic carboxylic acids is 1. The maximum Gasteiger partial charge on any atom is 0.491 e. The van der Waals surface area contributed by atoms with Crippen molar-refractivity contribution in [3.63, 3.8) is 0 Å². The number of ketones is 1. The second-order valence-electron chi connectivity index (χ2n) is 12.1. The van der Waals surface area contributed by atoms with Crippen LogP contribution in [0.15, 0.2) is 30.3 Å². The first-order valence-electron chi connectivity index (χ1n) is 13.1. The molecule has 1 heterocycles. The average molecular weight is 577 g/mol. The number of carboxylic acids is 1. The lowest BCUT2D eigenvalue weighted by molar-refractivity contribution is -0.189. The zero-order valence-corrected chi connectivity index (χ0v) is 24.2. The Morgan fingerprint density at radius 1 is 1.00 bits per heavy atom. The van der Waals surface area contributed by atoms with Crippen molar-refractivity contribution in [1.29, 1.82) is 5.41 Å². The quantitative estimate of drug-likeness (QED) is 0.224. The summed E-state index contributed by atoms with van der Waals surface area (Å²) >= 11 is 0. The number of carboxylic acid groups (broad SMARTS) is 1. The lowest BCUT2D eigenvalue weighted by atomic mass is 9.78. The number of hydrogen-bond donors (Lipinski definition) is 2. The molecule has 222 valence electrons. The average Bonchev–Trinajstić information content (AvgIpc) is 3.14. The normalized spacial score (nSPS) is 14.5. The van der Waals surface area contributed by atoms with Crippen molar-refractivity contribution in [3.8, 4) is 11.5 Å². The lowest BCUT2D eigenvalue weighted by Crippen LogP contribution is -2.32. The summed E-state index contributed by atoms with van der Waals surface area (Å²) in [4.78, 5) is 38.3. The minimum Gasteiger partial charge on any atom is -0.479 e. The molecule has 2 aromatic carbocycles. The van der Waals surface area contributed by atoms with Gasteiger partial charge in [-0.15, -0.1) is 0 Å². The molecule has 1 aliphatic rings. The van der Waals surface area contributed by atoms with E-state index < -0.39 is 35.0 Å². The Morgan fingerprint density at radius 2 is 1.56 bits per heavy atom. The highest BCUT2D eigenvalue weighted by Crippen LogP contribution is 2.42. The highest BCUT2D eigenvalue weighted by atomic mass is 19.4. The van der Waals surface area contributed by atoms with E-state index in [9.17, 15) is 32.7 Å². The molecule has 0 radical (unpaired) electrons. The highest BCUT2D eigenvalue weighted by molar-refractivity contribution is 6.05. The van der Waals surface area contributed by atoms with E-state index in [2.05, 4.69) is 0 Å². The topological polar surface area (TPSA) is 117 Å². The van der Waals surface area contributed by atoms with Gasteiger partial charge in [-0.3, -0.25) is 10.2 Å². The Kier molecular flexibility index (Phi) is 8.62. The molecule has 0 bridgehead atoms. The molecule has 8 nitrogen and oxygen atoms in total. The predicted octanol–water partition coefficient (Wildman–Crippen LogP) is 6.02. The van der Waals surface area contributed by atoms with Gasteiger partial charge in [-0.05, 0) is 47.1 Å². The van der Waals surface area contributed by atoms with Crippen LogP contribution in [-0.2, 0) is 27.0 Å². The standard InChI is InChI=1S/C30H35F3N2O6/c1-8-23(26(37)38)40-18-10-9-16-14-35(25(34)19(16)13-18)15-22(36)17-11-20(28(2,3)4)24(21(12-17)29(5,6)7)41-27(39)30(31,32)33/h9-13,23,34H,8,14-15H2,1-7H3,(H,37,38). The number of hydrogen-bond acceptors (Lipinski definition) is 6. The van der Waals surface area contributed by atoms with Gasteiger partial charge in [0.15, 0.2) is 11.9 Å². The van der Waals surface area contributed by atoms with Gasteiger partial charge in [0.25, 0.3) is 0 Å². The van der Waals surface area contributed by atoms with Crippen LogP contribution >= 0.6 is 0 Å². The fourth-order valence-corrected chi connectivity index (χ4v) is 4.48. The van der Waals surface area contributed by atoms with Crippen molar-refractivity contribution in [1.82, 2.24) is 4.90 Å². The van der Waals surface area contributed by atoms with Crippen LogP contribution in [0, 0.1) is 5.41 Å². The van der Waals surface area contributed by atoms with E-state index in [0.717, 1.165) is 5.56 Å². The first kappa shape index (κ1) is 31.6. The minimum absolute atomic E-state index is 0.0602. The van der Waals surface area contributed by atoms with Gasteiger partial charge in [0.2, 0.25) is 0 Å². The summed E-state index contributed by atoms with van der Waals surface area (Å²) in [5.74, 6) is -3.67. The molecule has 0 aromatic heterocycles. The van der Waals surface area contributed by atoms with Crippen LogP contribution in [0.1, 0.15) is 87.5 Å². The molecular weight excluding hydrogens is 541 g/mol. The number of ether oxygens (including phenoxy) is 2. The van der Waals surface area contributed by atoms with E-state index in [1.165, 1.54) is 12.1 Å². The van der Waals surface area contributed by atoms with Crippen LogP contribution < -0.4 is 9.47 Å². The third-order valence-corrected chi connectivity index (χ3v) is 6.73. The van der Waals surface area contributed by atoms with Crippen molar-refractivity contribution in [2.75, 3.05) is 6.54 Å². The van der Waals surface area contributed by atoms with Gasteiger partial charge < -0.3 is 19.5 Å². The number of alkyl halides is 3.